The summed E-state index contributed by atoms with van der Waals surface area (Å²) in [6.45, 7) is 0.510. The Morgan fingerprint density at radius 1 is 1.00 bits per heavy atom. The third kappa shape index (κ3) is 5.85. The summed E-state index contributed by atoms with van der Waals surface area (Å²) in [7, 11) is 0. The van der Waals surface area contributed by atoms with E-state index in [4.69, 9.17) is 27.2 Å². The van der Waals surface area contributed by atoms with Gasteiger partial charge < -0.3 is 9.84 Å². The van der Waals surface area contributed by atoms with Crippen molar-refractivity contribution in [2.75, 3.05) is 6.54 Å². The lowest BCUT2D eigenvalue weighted by Crippen LogP contribution is -2.30. The molecule has 7 nitrogen and oxygen atoms in total. The zero-order chi connectivity index (χ0) is 26.5. The molecule has 1 aliphatic heterocycles. The summed E-state index contributed by atoms with van der Waals surface area (Å²) in [5, 5.41) is 13.8. The highest BCUT2D eigenvalue weighted by Gasteiger charge is 2.32. The molecule has 4 aromatic rings. The first-order chi connectivity index (χ1) is 18.5. The molecule has 1 saturated heterocycles. The fourth-order valence-corrected chi connectivity index (χ4v) is 5.22. The fraction of sp³-hybridized carbons (Fsp3) is 0.103. The Morgan fingerprint density at radius 3 is 2.37 bits per heavy atom. The van der Waals surface area contributed by atoms with Crippen LogP contribution in [0.15, 0.2) is 96.0 Å². The van der Waals surface area contributed by atoms with Gasteiger partial charge in [-0.3, -0.25) is 14.5 Å². The third-order valence-corrected chi connectivity index (χ3v) is 7.23. The van der Waals surface area contributed by atoms with Gasteiger partial charge in [-0.25, -0.2) is 4.68 Å². The minimum Gasteiger partial charge on any atom is -0.489 e. The summed E-state index contributed by atoms with van der Waals surface area (Å²) in [6.07, 6.45) is 3.46. The maximum atomic E-state index is 13.0. The second-order valence-corrected chi connectivity index (χ2v) is 10.2. The lowest BCUT2D eigenvalue weighted by Gasteiger charge is -2.12. The van der Waals surface area contributed by atoms with E-state index in [1.807, 2.05) is 91.1 Å². The minimum atomic E-state index is -0.981. The summed E-state index contributed by atoms with van der Waals surface area (Å²) in [4.78, 5) is 25.8. The predicted molar refractivity (Wildman–Crippen MR) is 152 cm³/mol. The molecule has 9 heteroatoms. The molecular formula is C29H23N3O4S2. The molecule has 0 aliphatic carbocycles. The van der Waals surface area contributed by atoms with Gasteiger partial charge in [0.05, 0.1) is 22.7 Å². The number of carbonyl (C=O) groups is 2. The van der Waals surface area contributed by atoms with Crippen LogP contribution in [-0.4, -0.2) is 42.5 Å². The van der Waals surface area contributed by atoms with E-state index >= 15 is 0 Å². The van der Waals surface area contributed by atoms with E-state index < -0.39 is 5.97 Å². The molecule has 1 aromatic heterocycles. The molecular weight excluding hydrogens is 518 g/mol. The lowest BCUT2D eigenvalue weighted by atomic mass is 10.1. The number of hydrogen-bond donors (Lipinski definition) is 1. The van der Waals surface area contributed by atoms with Crippen LogP contribution in [0.25, 0.3) is 23.0 Å². The fourth-order valence-electron chi connectivity index (χ4n) is 3.92. The van der Waals surface area contributed by atoms with E-state index in [-0.39, 0.29) is 18.9 Å². The van der Waals surface area contributed by atoms with Crippen molar-refractivity contribution in [2.24, 2.45) is 0 Å². The van der Waals surface area contributed by atoms with Crippen molar-refractivity contribution in [2.45, 2.75) is 13.0 Å². The quantitative estimate of drug-likeness (QED) is 0.212. The summed E-state index contributed by atoms with van der Waals surface area (Å²) >= 11 is 6.51. The number of aliphatic carboxylic acids is 1. The lowest BCUT2D eigenvalue weighted by molar-refractivity contribution is -0.137. The Balaban J connectivity index is 1.44. The van der Waals surface area contributed by atoms with Crippen LogP contribution in [0.5, 0.6) is 5.75 Å². The maximum Gasteiger partial charge on any atom is 0.305 e. The normalized spacial score (nSPS) is 14.3. The predicted octanol–water partition coefficient (Wildman–Crippen LogP) is 5.79. The average molecular weight is 542 g/mol. The van der Waals surface area contributed by atoms with Crippen LogP contribution < -0.4 is 4.74 Å². The van der Waals surface area contributed by atoms with Crippen molar-refractivity contribution < 1.29 is 19.4 Å². The van der Waals surface area contributed by atoms with Gasteiger partial charge in [0.25, 0.3) is 5.91 Å². The van der Waals surface area contributed by atoms with E-state index in [0.29, 0.717) is 21.5 Å². The van der Waals surface area contributed by atoms with Crippen molar-refractivity contribution in [1.29, 1.82) is 0 Å². The van der Waals surface area contributed by atoms with Crippen molar-refractivity contribution in [3.63, 3.8) is 0 Å². The van der Waals surface area contributed by atoms with Crippen LogP contribution in [0.3, 0.4) is 0 Å². The highest BCUT2D eigenvalue weighted by Crippen LogP contribution is 2.35. The number of carbonyl (C=O) groups excluding carboxylic acids is 1. The van der Waals surface area contributed by atoms with Gasteiger partial charge in [-0.15, -0.1) is 0 Å². The summed E-state index contributed by atoms with van der Waals surface area (Å²) in [6, 6.07) is 27.3. The monoisotopic (exact) mass is 541 g/mol. The van der Waals surface area contributed by atoms with Crippen LogP contribution in [0.2, 0.25) is 0 Å². The van der Waals surface area contributed by atoms with E-state index in [9.17, 15) is 9.59 Å². The van der Waals surface area contributed by atoms with Crippen LogP contribution in [-0.2, 0) is 16.2 Å². The highest BCUT2D eigenvalue weighted by molar-refractivity contribution is 8.26. The van der Waals surface area contributed by atoms with Crippen molar-refractivity contribution >= 4 is 46.3 Å². The highest BCUT2D eigenvalue weighted by atomic mass is 32.2. The number of aromatic nitrogens is 2. The number of amides is 1. The van der Waals surface area contributed by atoms with Crippen LogP contribution in [0.1, 0.15) is 17.5 Å². The van der Waals surface area contributed by atoms with Gasteiger partial charge in [0.2, 0.25) is 0 Å². The average Bonchev–Trinajstić information content (AvgIpc) is 3.47. The number of thiocarbonyl (C=S) groups is 1. The minimum absolute atomic E-state index is 0.0396. The van der Waals surface area contributed by atoms with E-state index in [2.05, 4.69) is 0 Å². The number of rotatable bonds is 9. The van der Waals surface area contributed by atoms with Gasteiger partial charge in [-0.2, -0.15) is 5.10 Å². The summed E-state index contributed by atoms with van der Waals surface area (Å²) in [5.41, 5.74) is 4.26. The molecule has 0 unspecified atom stereocenters. The number of carboxylic acid groups (broad SMARTS) is 1. The van der Waals surface area contributed by atoms with E-state index in [0.717, 1.165) is 39.9 Å². The van der Waals surface area contributed by atoms with Gasteiger partial charge >= 0.3 is 5.97 Å². The van der Waals surface area contributed by atoms with E-state index in [1.165, 1.54) is 4.90 Å². The van der Waals surface area contributed by atoms with Crippen molar-refractivity contribution in [1.82, 2.24) is 14.7 Å². The zero-order valence-corrected chi connectivity index (χ0v) is 21.8. The molecule has 0 spiro atoms. The summed E-state index contributed by atoms with van der Waals surface area (Å²) < 4.78 is 8.04. The first kappa shape index (κ1) is 25.4. The number of thioether (sulfide) groups is 1. The van der Waals surface area contributed by atoms with Gasteiger partial charge in [0.15, 0.2) is 0 Å². The Morgan fingerprint density at radius 2 is 1.68 bits per heavy atom. The molecule has 0 atom stereocenters. The van der Waals surface area contributed by atoms with Gasteiger partial charge in [0, 0.05) is 23.9 Å². The third-order valence-electron chi connectivity index (χ3n) is 5.85. The number of benzene rings is 3. The molecule has 0 radical (unpaired) electrons. The number of ether oxygens (including phenoxy) is 1. The molecule has 2 heterocycles. The first-order valence-corrected chi connectivity index (χ1v) is 13.1. The van der Waals surface area contributed by atoms with Crippen LogP contribution >= 0.6 is 24.0 Å². The van der Waals surface area contributed by atoms with Crippen LogP contribution in [0.4, 0.5) is 0 Å². The summed E-state index contributed by atoms with van der Waals surface area (Å²) in [5.74, 6) is -0.545. The first-order valence-electron chi connectivity index (χ1n) is 11.9. The maximum absolute atomic E-state index is 13.0. The molecule has 1 amide bonds. The molecule has 1 fully saturated rings. The number of nitrogens with zero attached hydrogens (tertiary/aromatic N) is 3. The van der Waals surface area contributed by atoms with Gasteiger partial charge in [0.1, 0.15) is 16.7 Å². The second kappa shape index (κ2) is 11.5. The van der Waals surface area contributed by atoms with Gasteiger partial charge in [-0.05, 0) is 48.0 Å². The molecule has 0 saturated carbocycles. The number of para-hydroxylation sites is 1. The molecule has 5 rings (SSSR count). The molecule has 1 aliphatic rings. The SMILES string of the molecule is O=C(O)CCN1C(=O)/C(=C/c2cn(-c3ccccc3)nc2-c2ccc(OCc3ccccc3)cc2)SC1=S. The van der Waals surface area contributed by atoms with Crippen molar-refractivity contribution in [3.05, 3.63) is 107 Å². The standard InChI is InChI=1S/C29H23N3O4S2/c33-26(34)15-16-31-28(35)25(38-29(31)37)17-22-18-32(23-9-5-2-6-10-23)30-27(22)21-11-13-24(14-12-21)36-19-20-7-3-1-4-8-20/h1-14,17-18H,15-16,19H2,(H,33,34)/b25-17-. The molecule has 3 aromatic carbocycles. The Kier molecular flexibility index (Phi) is 7.67. The second-order valence-electron chi connectivity index (χ2n) is 8.49. The number of carboxylic acids is 1. The molecule has 38 heavy (non-hydrogen) atoms. The van der Waals surface area contributed by atoms with Gasteiger partial charge in [-0.1, -0.05) is 72.5 Å². The van der Waals surface area contributed by atoms with E-state index in [1.54, 1.807) is 10.8 Å². The molecule has 0 bridgehead atoms. The smallest absolute Gasteiger partial charge is 0.305 e. The van der Waals surface area contributed by atoms with Crippen LogP contribution in [0, 0.1) is 0 Å². The largest absolute Gasteiger partial charge is 0.489 e. The Bertz CT molecular complexity index is 1500. The zero-order valence-electron chi connectivity index (χ0n) is 20.2. The number of hydrogen-bond acceptors (Lipinski definition) is 6. The molecule has 190 valence electrons. The Labute approximate surface area is 229 Å². The Hall–Kier alpha value is -4.21. The molecule has 1 N–H and O–H groups in total. The van der Waals surface area contributed by atoms with Crippen molar-refractivity contribution in [3.8, 4) is 22.7 Å². The topological polar surface area (TPSA) is 84.7 Å².